The van der Waals surface area contributed by atoms with Gasteiger partial charge < -0.3 is 4.74 Å². The Bertz CT molecular complexity index is 541. The van der Waals surface area contributed by atoms with Gasteiger partial charge in [-0.25, -0.2) is 13.2 Å². The normalized spacial score (nSPS) is 31.0. The van der Waals surface area contributed by atoms with Gasteiger partial charge in [0, 0.05) is 5.41 Å². The lowest BCUT2D eigenvalue weighted by Crippen LogP contribution is -2.40. The molecule has 2 bridgehead atoms. The number of halogens is 3. The molecule has 0 spiro atoms. The molecule has 3 aliphatic carbocycles. The number of hydrogen-bond acceptors (Lipinski definition) is 2. The molecule has 20 heavy (non-hydrogen) atoms. The van der Waals surface area contributed by atoms with Crippen LogP contribution in [0.5, 0.6) is 0 Å². The summed E-state index contributed by atoms with van der Waals surface area (Å²) in [7, 11) is 0. The van der Waals surface area contributed by atoms with E-state index >= 15 is 0 Å². The lowest BCUT2D eigenvalue weighted by Gasteiger charge is -2.41. The van der Waals surface area contributed by atoms with Crippen molar-refractivity contribution in [2.75, 3.05) is 6.61 Å². The van der Waals surface area contributed by atoms with Gasteiger partial charge in [0.1, 0.15) is 0 Å². The van der Waals surface area contributed by atoms with E-state index in [1.807, 2.05) is 0 Å². The molecule has 0 amide bonds. The highest BCUT2D eigenvalue weighted by molar-refractivity contribution is 5.76. The third kappa shape index (κ3) is 1.75. The molecule has 1 aromatic rings. The number of fused-ring (bicyclic) bond motifs is 1. The smallest absolute Gasteiger partial charge is 0.309 e. The average molecular weight is 284 g/mol. The quantitative estimate of drug-likeness (QED) is 0.628. The zero-order chi connectivity index (χ0) is 14.5. The van der Waals surface area contributed by atoms with Crippen LogP contribution >= 0.6 is 0 Å². The van der Waals surface area contributed by atoms with E-state index in [1.54, 1.807) is 6.92 Å². The maximum atomic E-state index is 13.4. The van der Waals surface area contributed by atoms with Crippen molar-refractivity contribution in [3.63, 3.8) is 0 Å². The van der Waals surface area contributed by atoms with Crippen LogP contribution in [0.3, 0.4) is 0 Å². The van der Waals surface area contributed by atoms with E-state index in [4.69, 9.17) is 4.74 Å². The van der Waals surface area contributed by atoms with Crippen LogP contribution < -0.4 is 0 Å². The molecule has 3 fully saturated rings. The molecule has 3 aliphatic rings. The minimum Gasteiger partial charge on any atom is -0.466 e. The summed E-state index contributed by atoms with van der Waals surface area (Å²) in [6.45, 7) is 2.00. The van der Waals surface area contributed by atoms with Gasteiger partial charge in [-0.1, -0.05) is 0 Å². The monoisotopic (exact) mass is 284 g/mol. The first-order valence-electron chi connectivity index (χ1n) is 6.79. The molecular weight excluding hydrogens is 269 g/mol. The maximum Gasteiger partial charge on any atom is 0.309 e. The van der Waals surface area contributed by atoms with Crippen LogP contribution in [0.15, 0.2) is 12.1 Å². The van der Waals surface area contributed by atoms with Crippen molar-refractivity contribution in [2.24, 2.45) is 11.8 Å². The van der Waals surface area contributed by atoms with E-state index in [9.17, 15) is 18.0 Å². The molecule has 0 saturated heterocycles. The third-order valence-corrected chi connectivity index (χ3v) is 4.67. The Kier molecular flexibility index (Phi) is 3.03. The first-order valence-corrected chi connectivity index (χ1v) is 6.79. The largest absolute Gasteiger partial charge is 0.466 e. The van der Waals surface area contributed by atoms with Gasteiger partial charge in [0.05, 0.1) is 12.5 Å². The van der Waals surface area contributed by atoms with Crippen LogP contribution in [0, 0.1) is 29.3 Å². The summed E-state index contributed by atoms with van der Waals surface area (Å²) >= 11 is 0. The summed E-state index contributed by atoms with van der Waals surface area (Å²) in [5.74, 6) is -4.18. The van der Waals surface area contributed by atoms with Crippen molar-refractivity contribution < 1.29 is 22.7 Å². The molecule has 0 heterocycles. The van der Waals surface area contributed by atoms with Crippen molar-refractivity contribution in [3.8, 4) is 0 Å². The van der Waals surface area contributed by atoms with Gasteiger partial charge in [-0.15, -0.1) is 0 Å². The Morgan fingerprint density at radius 1 is 1.30 bits per heavy atom. The van der Waals surface area contributed by atoms with Gasteiger partial charge >= 0.3 is 5.97 Å². The number of carbonyl (C=O) groups is 1. The summed E-state index contributed by atoms with van der Waals surface area (Å²) in [5, 5.41) is 0. The zero-order valence-corrected chi connectivity index (χ0v) is 11.1. The predicted molar refractivity (Wildman–Crippen MR) is 65.5 cm³/mol. The molecule has 5 heteroatoms. The molecule has 0 N–H and O–H groups in total. The van der Waals surface area contributed by atoms with Crippen molar-refractivity contribution in [3.05, 3.63) is 35.1 Å². The fourth-order valence-corrected chi connectivity index (χ4v) is 3.83. The highest BCUT2D eigenvalue weighted by Gasteiger charge is 2.61. The highest BCUT2D eigenvalue weighted by atomic mass is 19.2. The Hall–Kier alpha value is -1.52. The molecule has 108 valence electrons. The lowest BCUT2D eigenvalue weighted by molar-refractivity contribution is -0.149. The Morgan fingerprint density at radius 2 is 1.90 bits per heavy atom. The summed E-state index contributed by atoms with van der Waals surface area (Å²) in [5.41, 5.74) is -0.201. The van der Waals surface area contributed by atoms with E-state index in [0.29, 0.717) is 30.7 Å². The average Bonchev–Trinajstić information content (AvgIpc) is 2.91. The van der Waals surface area contributed by atoms with Crippen molar-refractivity contribution in [1.29, 1.82) is 0 Å². The summed E-state index contributed by atoms with van der Waals surface area (Å²) < 4.78 is 45.0. The fraction of sp³-hybridized carbons (Fsp3) is 0.533. The highest BCUT2D eigenvalue weighted by Crippen LogP contribution is 2.63. The number of rotatable bonds is 3. The van der Waals surface area contributed by atoms with E-state index in [1.165, 1.54) is 0 Å². The molecule has 0 radical (unpaired) electrons. The Labute approximate surface area is 114 Å². The van der Waals surface area contributed by atoms with Crippen LogP contribution in [-0.2, 0) is 14.9 Å². The first kappa shape index (κ1) is 13.5. The predicted octanol–water partition coefficient (Wildman–Crippen LogP) is 3.33. The second-order valence-corrected chi connectivity index (χ2v) is 5.72. The second kappa shape index (κ2) is 4.50. The van der Waals surface area contributed by atoms with Crippen LogP contribution in [0.25, 0.3) is 0 Å². The van der Waals surface area contributed by atoms with E-state index in [-0.39, 0.29) is 18.5 Å². The summed E-state index contributed by atoms with van der Waals surface area (Å²) in [4.78, 5) is 12.0. The molecule has 0 aromatic heterocycles. The minimum atomic E-state index is -1.47. The number of ether oxygens (including phenoxy) is 1. The fourth-order valence-electron chi connectivity index (χ4n) is 3.83. The Morgan fingerprint density at radius 3 is 2.45 bits per heavy atom. The van der Waals surface area contributed by atoms with E-state index < -0.39 is 22.9 Å². The van der Waals surface area contributed by atoms with E-state index in [0.717, 1.165) is 12.1 Å². The van der Waals surface area contributed by atoms with E-state index in [2.05, 4.69) is 0 Å². The topological polar surface area (TPSA) is 26.3 Å². The molecule has 3 saturated carbocycles. The summed E-state index contributed by atoms with van der Waals surface area (Å²) in [6, 6.07) is 2.04. The van der Waals surface area contributed by atoms with Crippen LogP contribution in [0.4, 0.5) is 13.2 Å². The molecular formula is C15H15F3O2. The van der Waals surface area contributed by atoms with Gasteiger partial charge in [0.2, 0.25) is 0 Å². The minimum absolute atomic E-state index is 0.280. The molecule has 1 unspecified atom stereocenters. The number of esters is 1. The van der Waals surface area contributed by atoms with Gasteiger partial charge in [-0.05, 0) is 49.8 Å². The lowest BCUT2D eigenvalue weighted by atomic mass is 9.62. The number of carbonyl (C=O) groups excluding carboxylic acids is 1. The van der Waals surface area contributed by atoms with Crippen molar-refractivity contribution >= 4 is 5.97 Å². The molecule has 1 aromatic carbocycles. The molecule has 2 nitrogen and oxygen atoms in total. The van der Waals surface area contributed by atoms with Gasteiger partial charge in [0.25, 0.3) is 0 Å². The number of hydrogen-bond donors (Lipinski definition) is 0. The molecule has 0 aliphatic heterocycles. The summed E-state index contributed by atoms with van der Waals surface area (Å²) in [6.07, 6.45) is 2.10. The maximum absolute atomic E-state index is 13.4. The van der Waals surface area contributed by atoms with Gasteiger partial charge in [-0.3, -0.25) is 4.79 Å². The van der Waals surface area contributed by atoms with Crippen molar-refractivity contribution in [2.45, 2.75) is 31.6 Å². The van der Waals surface area contributed by atoms with Gasteiger partial charge in [0.15, 0.2) is 17.5 Å². The molecule has 4 rings (SSSR count). The zero-order valence-electron chi connectivity index (χ0n) is 11.1. The van der Waals surface area contributed by atoms with Gasteiger partial charge in [-0.2, -0.15) is 0 Å². The third-order valence-electron chi connectivity index (χ3n) is 4.67. The standard InChI is InChI=1S/C15H15F3O2/c1-2-20-14(19)10-3-8-6-15(10,7-8)9-4-11(16)13(18)12(17)5-9/h4-5,8,10H,2-3,6-7H2,1H3. The first-order chi connectivity index (χ1) is 9.48. The van der Waals surface area contributed by atoms with Crippen molar-refractivity contribution in [1.82, 2.24) is 0 Å². The van der Waals surface area contributed by atoms with Crippen LogP contribution in [0.2, 0.25) is 0 Å². The SMILES string of the molecule is CCOC(=O)C1CC2CC1(c1cc(F)c(F)c(F)c1)C2. The van der Waals surface area contributed by atoms with Crippen LogP contribution in [0.1, 0.15) is 31.7 Å². The Balaban J connectivity index is 1.98. The number of benzene rings is 1. The molecule has 1 atom stereocenters. The van der Waals surface area contributed by atoms with Crippen LogP contribution in [-0.4, -0.2) is 12.6 Å². The second-order valence-electron chi connectivity index (χ2n) is 5.72.